The van der Waals surface area contributed by atoms with Crippen LogP contribution in [0, 0.1) is 0 Å². The molecule has 2 heteroatoms. The lowest BCUT2D eigenvalue weighted by atomic mass is 9.67. The Labute approximate surface area is 477 Å². The van der Waals surface area contributed by atoms with Crippen LogP contribution in [0.15, 0.2) is 292 Å². The van der Waals surface area contributed by atoms with Crippen molar-refractivity contribution in [3.63, 3.8) is 0 Å². The molecule has 13 rings (SSSR count). The number of fused-ring (bicyclic) bond motifs is 5. The minimum atomic E-state index is -0.710. The lowest BCUT2D eigenvalue weighted by Gasteiger charge is -2.36. The van der Waals surface area contributed by atoms with Gasteiger partial charge in [-0.15, -0.1) is 0 Å². The SMILES string of the molecule is C=Cc1ccc(C(C)(C)c2ccc(N(c3ccc4c(c3)C(c3ccccc3)(c3ccccc3)c3cc(N(c5ccc(C(C)(C)c6ccc(C=C)cc6)cc5)c5cccc6ccccc56)ccc3-4)c3cccc4ccccc34)cc2)cc1. The number of hydrogen-bond acceptors (Lipinski definition) is 2. The highest BCUT2D eigenvalue weighted by Crippen LogP contribution is 2.59. The summed E-state index contributed by atoms with van der Waals surface area (Å²) in [5.41, 5.74) is 20.0. The molecular weight excluding hydrogens is 977 g/mol. The van der Waals surface area contributed by atoms with Gasteiger partial charge < -0.3 is 9.80 Å². The van der Waals surface area contributed by atoms with Crippen LogP contribution in [0.1, 0.15) is 83.3 Å². The summed E-state index contributed by atoms with van der Waals surface area (Å²) in [5.74, 6) is 0. The Morgan fingerprint density at radius 3 is 1.01 bits per heavy atom. The zero-order valence-electron chi connectivity index (χ0n) is 46.5. The van der Waals surface area contributed by atoms with Crippen molar-refractivity contribution >= 4 is 67.8 Å². The molecule has 0 bridgehead atoms. The van der Waals surface area contributed by atoms with E-state index in [1.54, 1.807) is 0 Å². The summed E-state index contributed by atoms with van der Waals surface area (Å²) in [6.45, 7) is 17.2. The summed E-state index contributed by atoms with van der Waals surface area (Å²) >= 11 is 0. The van der Waals surface area contributed by atoms with Crippen molar-refractivity contribution < 1.29 is 0 Å². The number of hydrogen-bond donors (Lipinski definition) is 0. The number of rotatable bonds is 14. The van der Waals surface area contributed by atoms with E-state index >= 15 is 0 Å². The average molecular weight is 1040 g/mol. The van der Waals surface area contributed by atoms with Gasteiger partial charge in [0.15, 0.2) is 0 Å². The molecule has 0 N–H and O–H groups in total. The van der Waals surface area contributed by atoms with Crippen LogP contribution in [0.4, 0.5) is 34.1 Å². The van der Waals surface area contributed by atoms with Gasteiger partial charge in [-0.25, -0.2) is 0 Å². The Morgan fingerprint density at radius 2 is 0.642 bits per heavy atom. The summed E-state index contributed by atoms with van der Waals surface area (Å²) in [6.07, 6.45) is 3.81. The highest BCUT2D eigenvalue weighted by atomic mass is 15.2. The molecule has 0 saturated carbocycles. The van der Waals surface area contributed by atoms with Gasteiger partial charge >= 0.3 is 0 Å². The van der Waals surface area contributed by atoms with Crippen LogP contribution in [0.2, 0.25) is 0 Å². The van der Waals surface area contributed by atoms with Gasteiger partial charge in [-0.3, -0.25) is 0 Å². The average Bonchev–Trinajstić information content (AvgIpc) is 4.07. The van der Waals surface area contributed by atoms with Crippen LogP contribution in [0.25, 0.3) is 44.8 Å². The molecular formula is C79H64N2. The molecule has 390 valence electrons. The van der Waals surface area contributed by atoms with Gasteiger partial charge in [-0.05, 0) is 138 Å². The molecule has 0 saturated heterocycles. The molecule has 0 amide bonds. The highest BCUT2D eigenvalue weighted by Gasteiger charge is 2.47. The Kier molecular flexibility index (Phi) is 12.8. The Hall–Kier alpha value is -9.76. The van der Waals surface area contributed by atoms with E-state index in [1.807, 2.05) is 12.2 Å². The molecule has 1 aliphatic carbocycles. The molecule has 0 heterocycles. The quantitative estimate of drug-likeness (QED) is 0.107. The summed E-state index contributed by atoms with van der Waals surface area (Å²) in [5, 5.41) is 4.75. The fraction of sp³-hybridized carbons (Fsp3) is 0.0886. The summed E-state index contributed by atoms with van der Waals surface area (Å²) in [7, 11) is 0. The van der Waals surface area contributed by atoms with Gasteiger partial charge in [0.2, 0.25) is 0 Å². The fourth-order valence-corrected chi connectivity index (χ4v) is 12.9. The van der Waals surface area contributed by atoms with Crippen molar-refractivity contribution in [2.24, 2.45) is 0 Å². The first kappa shape index (κ1) is 50.7. The van der Waals surface area contributed by atoms with E-state index < -0.39 is 5.41 Å². The number of benzene rings is 12. The Morgan fingerprint density at radius 1 is 0.321 bits per heavy atom. The van der Waals surface area contributed by atoms with Crippen molar-refractivity contribution in [3.8, 4) is 11.1 Å². The van der Waals surface area contributed by atoms with Gasteiger partial charge in [-0.2, -0.15) is 0 Å². The third-order valence-corrected chi connectivity index (χ3v) is 17.5. The van der Waals surface area contributed by atoms with Gasteiger partial charge in [0.25, 0.3) is 0 Å². The molecule has 0 fully saturated rings. The monoisotopic (exact) mass is 1040 g/mol. The van der Waals surface area contributed by atoms with Crippen molar-refractivity contribution in [3.05, 3.63) is 348 Å². The van der Waals surface area contributed by atoms with Gasteiger partial charge in [0, 0.05) is 44.4 Å². The molecule has 81 heavy (non-hydrogen) atoms. The lowest BCUT2D eigenvalue weighted by Crippen LogP contribution is -2.29. The second kappa shape index (κ2) is 20.5. The van der Waals surface area contributed by atoms with Crippen molar-refractivity contribution in [2.45, 2.75) is 43.9 Å². The van der Waals surface area contributed by atoms with E-state index in [4.69, 9.17) is 0 Å². The van der Waals surface area contributed by atoms with Crippen LogP contribution in [0.3, 0.4) is 0 Å². The van der Waals surface area contributed by atoms with Gasteiger partial charge in [0.1, 0.15) is 0 Å². The Balaban J connectivity index is 1.01. The van der Waals surface area contributed by atoms with E-state index in [1.165, 1.54) is 77.2 Å². The molecule has 2 nitrogen and oxygen atoms in total. The first-order valence-electron chi connectivity index (χ1n) is 28.2. The number of nitrogens with zero attached hydrogens (tertiary/aromatic N) is 2. The molecule has 1 aliphatic rings. The maximum atomic E-state index is 3.99. The van der Waals surface area contributed by atoms with Crippen LogP contribution in [-0.4, -0.2) is 0 Å². The van der Waals surface area contributed by atoms with Gasteiger partial charge in [-0.1, -0.05) is 271 Å². The topological polar surface area (TPSA) is 6.48 Å². The Bertz CT molecular complexity index is 3990. The minimum Gasteiger partial charge on any atom is -0.310 e. The van der Waals surface area contributed by atoms with Crippen LogP contribution >= 0.6 is 0 Å². The van der Waals surface area contributed by atoms with E-state index in [9.17, 15) is 0 Å². The van der Waals surface area contributed by atoms with Crippen LogP contribution in [-0.2, 0) is 16.2 Å². The first-order chi connectivity index (χ1) is 39.6. The van der Waals surface area contributed by atoms with Gasteiger partial charge in [0.05, 0.1) is 16.8 Å². The van der Waals surface area contributed by atoms with Crippen molar-refractivity contribution in [2.75, 3.05) is 9.80 Å². The smallest absolute Gasteiger partial charge is 0.0715 e. The number of anilines is 6. The fourth-order valence-electron chi connectivity index (χ4n) is 12.9. The van der Waals surface area contributed by atoms with E-state index in [0.29, 0.717) is 0 Å². The zero-order chi connectivity index (χ0) is 55.3. The minimum absolute atomic E-state index is 0.228. The maximum Gasteiger partial charge on any atom is 0.0715 e. The normalized spacial score (nSPS) is 12.6. The molecule has 12 aromatic carbocycles. The zero-order valence-corrected chi connectivity index (χ0v) is 46.5. The third-order valence-electron chi connectivity index (χ3n) is 17.5. The molecule has 0 atom stereocenters. The van der Waals surface area contributed by atoms with E-state index in [0.717, 1.165) is 45.3 Å². The second-order valence-electron chi connectivity index (χ2n) is 22.6. The van der Waals surface area contributed by atoms with E-state index in [2.05, 4.69) is 330 Å². The standard InChI is InChI=1S/C79H64N2/c1-7-55-33-37-59(38-34-55)77(3,4)61-41-45-65(46-42-61)80(75-31-19-23-57-21-15-17-29-69(57)75)67-49-51-71-72-52-50-68(54-74(72)79(73(71)53-67,63-25-11-9-12-26-63)64-27-13-10-14-28-64)81(76-32-20-24-58-22-16-18-30-70(58)76)66-47-43-62(44-48-66)78(5,6)60-39-35-56(8-2)36-40-60/h7-54H,1-2H2,3-6H3. The summed E-state index contributed by atoms with van der Waals surface area (Å²) in [6, 6.07) is 104. The second-order valence-corrected chi connectivity index (χ2v) is 22.6. The van der Waals surface area contributed by atoms with Crippen LogP contribution in [0.5, 0.6) is 0 Å². The van der Waals surface area contributed by atoms with Crippen LogP contribution < -0.4 is 9.80 Å². The first-order valence-corrected chi connectivity index (χ1v) is 28.2. The molecule has 0 spiro atoms. The molecule has 0 aromatic heterocycles. The molecule has 12 aromatic rings. The predicted molar refractivity (Wildman–Crippen MR) is 345 cm³/mol. The lowest BCUT2D eigenvalue weighted by molar-refractivity contribution is 0.641. The van der Waals surface area contributed by atoms with E-state index in [-0.39, 0.29) is 10.8 Å². The molecule has 0 radical (unpaired) electrons. The highest BCUT2D eigenvalue weighted by molar-refractivity contribution is 6.02. The summed E-state index contributed by atoms with van der Waals surface area (Å²) < 4.78 is 0. The predicted octanol–water partition coefficient (Wildman–Crippen LogP) is 21.2. The van der Waals surface area contributed by atoms with Crippen molar-refractivity contribution in [1.29, 1.82) is 0 Å². The largest absolute Gasteiger partial charge is 0.310 e. The van der Waals surface area contributed by atoms with Crippen molar-refractivity contribution in [1.82, 2.24) is 0 Å². The molecule has 0 aliphatic heterocycles. The maximum absolute atomic E-state index is 3.99. The summed E-state index contributed by atoms with van der Waals surface area (Å²) in [4.78, 5) is 4.94. The molecule has 0 unspecified atom stereocenters. The third kappa shape index (κ3) is 8.67.